The summed E-state index contributed by atoms with van der Waals surface area (Å²) >= 11 is 0. The molecular formula is C13H20N+. The molecule has 2 heterocycles. The quantitative estimate of drug-likeness (QED) is 0.405. The van der Waals surface area contributed by atoms with Crippen molar-refractivity contribution in [1.29, 1.82) is 0 Å². The molecule has 4 aliphatic rings. The van der Waals surface area contributed by atoms with Gasteiger partial charge in [-0.15, -0.1) is 0 Å². The van der Waals surface area contributed by atoms with Crippen molar-refractivity contribution >= 4 is 0 Å². The summed E-state index contributed by atoms with van der Waals surface area (Å²) in [5.74, 6) is 4.15. The molecule has 4 rings (SSSR count). The van der Waals surface area contributed by atoms with Crippen LogP contribution in [-0.4, -0.2) is 30.7 Å². The largest absolute Gasteiger partial charge is 0.323 e. The highest BCUT2D eigenvalue weighted by molar-refractivity contribution is 5.15. The first-order chi connectivity index (χ1) is 6.86. The molecule has 0 aromatic carbocycles. The molecule has 1 spiro atoms. The summed E-state index contributed by atoms with van der Waals surface area (Å²) in [5, 5.41) is 0. The zero-order chi connectivity index (χ0) is 9.17. The van der Waals surface area contributed by atoms with E-state index in [4.69, 9.17) is 0 Å². The molecule has 2 saturated heterocycles. The molecule has 0 amide bonds. The minimum Gasteiger partial charge on any atom is -0.323 e. The van der Waals surface area contributed by atoms with E-state index < -0.39 is 0 Å². The molecule has 1 saturated carbocycles. The van der Waals surface area contributed by atoms with Crippen molar-refractivity contribution in [2.45, 2.75) is 19.3 Å². The van der Waals surface area contributed by atoms with Crippen LogP contribution in [0.1, 0.15) is 19.3 Å². The number of hydrogen-bond donors (Lipinski definition) is 0. The summed E-state index contributed by atoms with van der Waals surface area (Å²) in [5.41, 5.74) is 0. The van der Waals surface area contributed by atoms with Crippen LogP contribution >= 0.6 is 0 Å². The van der Waals surface area contributed by atoms with Crippen LogP contribution in [0.3, 0.4) is 0 Å². The Morgan fingerprint density at radius 1 is 0.857 bits per heavy atom. The zero-order valence-electron chi connectivity index (χ0n) is 8.86. The highest BCUT2D eigenvalue weighted by Crippen LogP contribution is 2.53. The Labute approximate surface area is 86.4 Å². The Morgan fingerprint density at radius 2 is 1.43 bits per heavy atom. The Morgan fingerprint density at radius 3 is 2.00 bits per heavy atom. The number of quaternary nitrogens is 1. The Balaban J connectivity index is 1.64. The summed E-state index contributed by atoms with van der Waals surface area (Å²) < 4.78 is 1.52. The standard InChI is InChI=1S/C13H20N/c1-2-6-14(5-1)8-12-10-3-4-11(7-10)13(12)9-14/h3-4,10-13H,1-2,5-9H2/q+1. The fraction of sp³-hybridized carbons (Fsp3) is 0.846. The summed E-state index contributed by atoms with van der Waals surface area (Å²) in [6.45, 7) is 6.09. The number of nitrogens with zero attached hydrogens (tertiary/aromatic N) is 1. The van der Waals surface area contributed by atoms with E-state index in [0.717, 1.165) is 23.7 Å². The lowest BCUT2D eigenvalue weighted by atomic mass is 9.86. The molecule has 4 unspecified atom stereocenters. The molecule has 3 fully saturated rings. The first-order valence-corrected chi connectivity index (χ1v) is 6.40. The second kappa shape index (κ2) is 2.44. The predicted molar refractivity (Wildman–Crippen MR) is 56.7 cm³/mol. The van der Waals surface area contributed by atoms with Crippen LogP contribution in [0.4, 0.5) is 0 Å². The van der Waals surface area contributed by atoms with E-state index in [2.05, 4.69) is 12.2 Å². The van der Waals surface area contributed by atoms with Gasteiger partial charge in [-0.1, -0.05) is 12.2 Å². The van der Waals surface area contributed by atoms with E-state index in [1.807, 2.05) is 0 Å². The van der Waals surface area contributed by atoms with Gasteiger partial charge in [0.05, 0.1) is 26.2 Å². The molecule has 76 valence electrons. The van der Waals surface area contributed by atoms with E-state index in [1.165, 1.54) is 49.9 Å². The lowest BCUT2D eigenvalue weighted by Gasteiger charge is -2.30. The van der Waals surface area contributed by atoms with Gasteiger partial charge in [0.15, 0.2) is 0 Å². The van der Waals surface area contributed by atoms with E-state index >= 15 is 0 Å². The molecule has 0 radical (unpaired) electrons. The number of fused-ring (bicyclic) bond motifs is 5. The van der Waals surface area contributed by atoms with Gasteiger partial charge in [-0.05, 0) is 18.3 Å². The van der Waals surface area contributed by atoms with Crippen molar-refractivity contribution in [2.24, 2.45) is 23.7 Å². The van der Waals surface area contributed by atoms with Crippen LogP contribution in [0, 0.1) is 23.7 Å². The van der Waals surface area contributed by atoms with Crippen molar-refractivity contribution in [1.82, 2.24) is 0 Å². The van der Waals surface area contributed by atoms with Crippen molar-refractivity contribution in [3.63, 3.8) is 0 Å². The van der Waals surface area contributed by atoms with Crippen molar-refractivity contribution in [3.8, 4) is 0 Å². The molecule has 0 aromatic rings. The first kappa shape index (κ1) is 7.92. The Bertz CT molecular complexity index is 266. The van der Waals surface area contributed by atoms with Crippen LogP contribution in [0.2, 0.25) is 0 Å². The van der Waals surface area contributed by atoms with Crippen molar-refractivity contribution in [2.75, 3.05) is 26.2 Å². The molecule has 0 aromatic heterocycles. The van der Waals surface area contributed by atoms with Crippen LogP contribution in [0.15, 0.2) is 12.2 Å². The lowest BCUT2D eigenvalue weighted by Crippen LogP contribution is -2.44. The van der Waals surface area contributed by atoms with Gasteiger partial charge in [-0.2, -0.15) is 0 Å². The maximum atomic E-state index is 2.53. The second-order valence-electron chi connectivity index (χ2n) is 6.14. The number of allylic oxidation sites excluding steroid dienone is 2. The van der Waals surface area contributed by atoms with E-state index in [9.17, 15) is 0 Å². The highest BCUT2D eigenvalue weighted by Gasteiger charge is 2.56. The molecule has 4 atom stereocenters. The van der Waals surface area contributed by atoms with Gasteiger partial charge >= 0.3 is 0 Å². The monoisotopic (exact) mass is 190 g/mol. The van der Waals surface area contributed by atoms with Crippen LogP contribution in [0.25, 0.3) is 0 Å². The van der Waals surface area contributed by atoms with Gasteiger partial charge in [0, 0.05) is 24.7 Å². The van der Waals surface area contributed by atoms with Gasteiger partial charge in [0.2, 0.25) is 0 Å². The number of rotatable bonds is 0. The summed E-state index contributed by atoms with van der Waals surface area (Å²) in [7, 11) is 0. The van der Waals surface area contributed by atoms with E-state index in [-0.39, 0.29) is 0 Å². The summed E-state index contributed by atoms with van der Waals surface area (Å²) in [6.07, 6.45) is 9.58. The maximum Gasteiger partial charge on any atom is 0.0826 e. The summed E-state index contributed by atoms with van der Waals surface area (Å²) in [4.78, 5) is 0. The lowest BCUT2D eigenvalue weighted by molar-refractivity contribution is -0.908. The van der Waals surface area contributed by atoms with Crippen LogP contribution in [-0.2, 0) is 0 Å². The maximum absolute atomic E-state index is 2.53. The van der Waals surface area contributed by atoms with Gasteiger partial charge < -0.3 is 4.48 Å². The van der Waals surface area contributed by atoms with Gasteiger partial charge in [0.25, 0.3) is 0 Å². The van der Waals surface area contributed by atoms with Crippen molar-refractivity contribution < 1.29 is 4.48 Å². The predicted octanol–water partition coefficient (Wildman–Crippen LogP) is 2.05. The molecular weight excluding hydrogens is 170 g/mol. The molecule has 2 aliphatic carbocycles. The van der Waals surface area contributed by atoms with E-state index in [0.29, 0.717) is 0 Å². The minimum absolute atomic E-state index is 0.989. The number of hydrogen-bond acceptors (Lipinski definition) is 0. The Kier molecular flexibility index (Phi) is 1.38. The average Bonchev–Trinajstić information content (AvgIpc) is 2.90. The van der Waals surface area contributed by atoms with Crippen LogP contribution < -0.4 is 0 Å². The highest BCUT2D eigenvalue weighted by atomic mass is 15.4. The summed E-state index contributed by atoms with van der Waals surface area (Å²) in [6, 6.07) is 0. The van der Waals surface area contributed by atoms with Gasteiger partial charge in [-0.3, -0.25) is 0 Å². The zero-order valence-corrected chi connectivity index (χ0v) is 8.86. The molecule has 14 heavy (non-hydrogen) atoms. The third-order valence-corrected chi connectivity index (χ3v) is 5.51. The Hall–Kier alpha value is -0.300. The SMILES string of the molecule is C1=CC2CC1C1C[N+]3(CCCC3)CC21. The molecule has 1 heteroatoms. The van der Waals surface area contributed by atoms with Gasteiger partial charge in [-0.25, -0.2) is 0 Å². The third-order valence-electron chi connectivity index (χ3n) is 5.51. The topological polar surface area (TPSA) is 0 Å². The average molecular weight is 190 g/mol. The smallest absolute Gasteiger partial charge is 0.0826 e. The minimum atomic E-state index is 0.989. The normalized spacial score (nSPS) is 52.0. The first-order valence-electron chi connectivity index (χ1n) is 6.40. The fourth-order valence-corrected chi connectivity index (χ4v) is 4.91. The molecule has 2 bridgehead atoms. The van der Waals surface area contributed by atoms with E-state index in [1.54, 1.807) is 0 Å². The molecule has 2 aliphatic heterocycles. The van der Waals surface area contributed by atoms with Crippen LogP contribution in [0.5, 0.6) is 0 Å². The third kappa shape index (κ3) is 0.850. The fourth-order valence-electron chi connectivity index (χ4n) is 4.91. The molecule has 1 nitrogen and oxygen atoms in total. The second-order valence-corrected chi connectivity index (χ2v) is 6.14. The molecule has 0 N–H and O–H groups in total. The van der Waals surface area contributed by atoms with Gasteiger partial charge in [0.1, 0.15) is 0 Å². The van der Waals surface area contributed by atoms with Crippen molar-refractivity contribution in [3.05, 3.63) is 12.2 Å².